The average Bonchev–Trinajstić information content (AvgIpc) is 2.32. The van der Waals surface area contributed by atoms with Gasteiger partial charge in [-0.25, -0.2) is 0 Å². The molecule has 1 nitrogen and oxygen atoms in total. The molecule has 74 valence electrons. The van der Waals surface area contributed by atoms with E-state index in [4.69, 9.17) is 0 Å². The minimum Gasteiger partial charge on any atom is -0.299 e. The number of hydrogen-bond donors (Lipinski definition) is 0. The van der Waals surface area contributed by atoms with Gasteiger partial charge in [0.05, 0.1) is 0 Å². The lowest BCUT2D eigenvalue weighted by Gasteiger charge is -2.11. The van der Waals surface area contributed by atoms with Crippen LogP contribution in [0.2, 0.25) is 0 Å². The number of rotatable bonds is 4. The van der Waals surface area contributed by atoms with E-state index in [2.05, 4.69) is 6.58 Å². The average molecular weight is 180 g/mol. The number of ketones is 1. The zero-order valence-corrected chi connectivity index (χ0v) is 8.43. The van der Waals surface area contributed by atoms with Crippen LogP contribution in [0.4, 0.5) is 0 Å². The van der Waals surface area contributed by atoms with Crippen molar-refractivity contribution in [3.05, 3.63) is 12.7 Å². The first kappa shape index (κ1) is 10.5. The number of Topliss-reactive ketones (excluding diaryl/α,β-unsaturated/α-hetero) is 1. The van der Waals surface area contributed by atoms with E-state index in [1.165, 1.54) is 12.8 Å². The molecular weight excluding hydrogens is 160 g/mol. The highest BCUT2D eigenvalue weighted by Gasteiger charge is 2.19. The van der Waals surface area contributed by atoms with E-state index in [9.17, 15) is 4.79 Å². The lowest BCUT2D eigenvalue weighted by Crippen LogP contribution is -2.12. The lowest BCUT2D eigenvalue weighted by atomic mass is 9.93. The summed E-state index contributed by atoms with van der Waals surface area (Å²) in [6, 6.07) is 0. The van der Waals surface area contributed by atoms with Gasteiger partial charge in [-0.05, 0) is 32.1 Å². The van der Waals surface area contributed by atoms with Crippen LogP contribution in [0.15, 0.2) is 12.7 Å². The van der Waals surface area contributed by atoms with Gasteiger partial charge in [0.1, 0.15) is 5.78 Å². The molecular formula is C12H20O. The van der Waals surface area contributed by atoms with Crippen LogP contribution < -0.4 is 0 Å². The Balaban J connectivity index is 2.27. The molecule has 1 aliphatic rings. The molecule has 1 saturated carbocycles. The van der Waals surface area contributed by atoms with Crippen molar-refractivity contribution in [1.82, 2.24) is 0 Å². The Morgan fingerprint density at radius 1 is 1.38 bits per heavy atom. The Morgan fingerprint density at radius 3 is 3.00 bits per heavy atom. The van der Waals surface area contributed by atoms with E-state index < -0.39 is 0 Å². The zero-order valence-electron chi connectivity index (χ0n) is 8.43. The van der Waals surface area contributed by atoms with Gasteiger partial charge in [0.25, 0.3) is 0 Å². The molecule has 0 aromatic rings. The molecule has 0 radical (unpaired) electrons. The number of unbranched alkanes of at least 4 members (excludes halogenated alkanes) is 1. The maximum Gasteiger partial charge on any atom is 0.135 e. The van der Waals surface area contributed by atoms with Crippen molar-refractivity contribution in [3.8, 4) is 0 Å². The van der Waals surface area contributed by atoms with Crippen molar-refractivity contribution in [2.45, 2.75) is 51.4 Å². The molecule has 1 aliphatic carbocycles. The summed E-state index contributed by atoms with van der Waals surface area (Å²) in [5, 5.41) is 0. The monoisotopic (exact) mass is 180 g/mol. The van der Waals surface area contributed by atoms with Crippen molar-refractivity contribution in [1.29, 1.82) is 0 Å². The van der Waals surface area contributed by atoms with Gasteiger partial charge in [-0.1, -0.05) is 18.9 Å². The van der Waals surface area contributed by atoms with Crippen molar-refractivity contribution in [2.24, 2.45) is 5.92 Å². The number of hydrogen-bond acceptors (Lipinski definition) is 1. The molecule has 0 saturated heterocycles. The van der Waals surface area contributed by atoms with Crippen molar-refractivity contribution >= 4 is 5.78 Å². The van der Waals surface area contributed by atoms with Crippen LogP contribution in [0.25, 0.3) is 0 Å². The fourth-order valence-corrected chi connectivity index (χ4v) is 2.05. The normalized spacial score (nSPS) is 24.0. The summed E-state index contributed by atoms with van der Waals surface area (Å²) < 4.78 is 0. The summed E-state index contributed by atoms with van der Waals surface area (Å²) in [5.41, 5.74) is 0. The standard InChI is InChI=1S/C12H20O/c1-2-3-5-8-11-9-6-4-7-10-12(11)13/h2,11H,1,3-10H2. The largest absolute Gasteiger partial charge is 0.299 e. The van der Waals surface area contributed by atoms with Gasteiger partial charge in [0.15, 0.2) is 0 Å². The Morgan fingerprint density at radius 2 is 2.23 bits per heavy atom. The third kappa shape index (κ3) is 3.75. The van der Waals surface area contributed by atoms with E-state index in [0.717, 1.165) is 38.5 Å². The fraction of sp³-hybridized carbons (Fsp3) is 0.750. The van der Waals surface area contributed by atoms with Crippen LogP contribution in [0, 0.1) is 5.92 Å². The van der Waals surface area contributed by atoms with Crippen molar-refractivity contribution in [2.75, 3.05) is 0 Å². The first-order valence-corrected chi connectivity index (χ1v) is 5.48. The third-order valence-electron chi connectivity index (χ3n) is 2.89. The van der Waals surface area contributed by atoms with Crippen LogP contribution in [0.1, 0.15) is 51.4 Å². The molecule has 1 atom stereocenters. The smallest absolute Gasteiger partial charge is 0.135 e. The number of carbonyl (C=O) groups is 1. The number of carbonyl (C=O) groups excluding carboxylic acids is 1. The van der Waals surface area contributed by atoms with E-state index in [1.807, 2.05) is 6.08 Å². The predicted molar refractivity (Wildman–Crippen MR) is 55.6 cm³/mol. The summed E-state index contributed by atoms with van der Waals surface area (Å²) in [7, 11) is 0. The van der Waals surface area contributed by atoms with Crippen molar-refractivity contribution < 1.29 is 4.79 Å². The highest BCUT2D eigenvalue weighted by molar-refractivity contribution is 5.81. The second kappa shape index (κ2) is 5.95. The molecule has 0 aromatic carbocycles. The quantitative estimate of drug-likeness (QED) is 0.367. The van der Waals surface area contributed by atoms with Gasteiger partial charge in [-0.2, -0.15) is 0 Å². The van der Waals surface area contributed by atoms with Crippen LogP contribution in [-0.4, -0.2) is 5.78 Å². The van der Waals surface area contributed by atoms with Crippen LogP contribution in [0.5, 0.6) is 0 Å². The Kier molecular flexibility index (Phi) is 4.81. The molecule has 1 heteroatoms. The van der Waals surface area contributed by atoms with E-state index in [-0.39, 0.29) is 0 Å². The third-order valence-corrected chi connectivity index (χ3v) is 2.89. The maximum atomic E-state index is 11.6. The first-order chi connectivity index (χ1) is 6.34. The molecule has 0 spiro atoms. The van der Waals surface area contributed by atoms with Crippen LogP contribution in [-0.2, 0) is 4.79 Å². The van der Waals surface area contributed by atoms with Gasteiger partial charge in [-0.15, -0.1) is 6.58 Å². The topological polar surface area (TPSA) is 17.1 Å². The molecule has 1 unspecified atom stereocenters. The van der Waals surface area contributed by atoms with E-state index >= 15 is 0 Å². The predicted octanol–water partition coefficient (Wildman–Crippen LogP) is 3.49. The Bertz CT molecular complexity index is 172. The summed E-state index contributed by atoms with van der Waals surface area (Å²) in [5.74, 6) is 0.893. The Hall–Kier alpha value is -0.590. The van der Waals surface area contributed by atoms with Crippen molar-refractivity contribution in [3.63, 3.8) is 0 Å². The van der Waals surface area contributed by atoms with E-state index in [1.54, 1.807) is 0 Å². The molecule has 0 N–H and O–H groups in total. The van der Waals surface area contributed by atoms with Gasteiger partial charge in [0.2, 0.25) is 0 Å². The molecule has 0 bridgehead atoms. The second-order valence-corrected chi connectivity index (χ2v) is 3.98. The SMILES string of the molecule is C=CCCCC1CCCCCC1=O. The minimum absolute atomic E-state index is 0.377. The van der Waals surface area contributed by atoms with Crippen LogP contribution in [0.3, 0.4) is 0 Å². The van der Waals surface area contributed by atoms with Crippen LogP contribution >= 0.6 is 0 Å². The Labute approximate surface area is 81.2 Å². The maximum absolute atomic E-state index is 11.6. The molecule has 1 rings (SSSR count). The highest BCUT2D eigenvalue weighted by Crippen LogP contribution is 2.24. The van der Waals surface area contributed by atoms with E-state index in [0.29, 0.717) is 11.7 Å². The zero-order chi connectivity index (χ0) is 9.52. The lowest BCUT2D eigenvalue weighted by molar-refractivity contribution is -0.122. The van der Waals surface area contributed by atoms with Gasteiger partial charge < -0.3 is 0 Å². The summed E-state index contributed by atoms with van der Waals surface area (Å²) >= 11 is 0. The highest BCUT2D eigenvalue weighted by atomic mass is 16.1. The molecule has 0 heterocycles. The fourth-order valence-electron chi connectivity index (χ4n) is 2.05. The van der Waals surface area contributed by atoms with Gasteiger partial charge >= 0.3 is 0 Å². The molecule has 13 heavy (non-hydrogen) atoms. The second-order valence-electron chi connectivity index (χ2n) is 3.98. The molecule has 1 fully saturated rings. The number of allylic oxidation sites excluding steroid dienone is 1. The summed E-state index contributed by atoms with van der Waals surface area (Å²) in [6.07, 6.45) is 10.8. The minimum atomic E-state index is 0.377. The van der Waals surface area contributed by atoms with Gasteiger partial charge in [-0.3, -0.25) is 4.79 Å². The summed E-state index contributed by atoms with van der Waals surface area (Å²) in [6.45, 7) is 3.70. The molecule has 0 aliphatic heterocycles. The molecule has 0 aromatic heterocycles. The van der Waals surface area contributed by atoms with Gasteiger partial charge in [0, 0.05) is 12.3 Å². The molecule has 0 amide bonds. The summed E-state index contributed by atoms with van der Waals surface area (Å²) in [4.78, 5) is 11.6. The first-order valence-electron chi connectivity index (χ1n) is 5.48.